The summed E-state index contributed by atoms with van der Waals surface area (Å²) in [7, 11) is 1.57. The summed E-state index contributed by atoms with van der Waals surface area (Å²) in [5.74, 6) is -0.741. The van der Waals surface area contributed by atoms with Crippen molar-refractivity contribution < 1.29 is 19.1 Å². The predicted molar refractivity (Wildman–Crippen MR) is 82.9 cm³/mol. The molecule has 2 aromatic rings. The van der Waals surface area contributed by atoms with Crippen LogP contribution in [-0.4, -0.2) is 25.5 Å². The van der Waals surface area contributed by atoms with Gasteiger partial charge in [-0.05, 0) is 30.7 Å². The Morgan fingerprint density at radius 3 is 2.45 bits per heavy atom. The summed E-state index contributed by atoms with van der Waals surface area (Å²) in [5, 5.41) is 0. The standard InChI is InChI=1S/C18H18O4/c1-13-8-9-15(11-21-2)16(10-13)17(19)12-22-18(20)14-6-4-3-5-7-14/h3-10H,11-12H2,1-2H3. The zero-order valence-electron chi connectivity index (χ0n) is 12.7. The van der Waals surface area contributed by atoms with Crippen LogP contribution in [0.2, 0.25) is 0 Å². The Bertz CT molecular complexity index is 662. The Hall–Kier alpha value is -2.46. The summed E-state index contributed by atoms with van der Waals surface area (Å²) >= 11 is 0. The molecule has 22 heavy (non-hydrogen) atoms. The maximum atomic E-state index is 12.3. The van der Waals surface area contributed by atoms with Crippen molar-refractivity contribution >= 4 is 11.8 Å². The van der Waals surface area contributed by atoms with Gasteiger partial charge in [0.25, 0.3) is 0 Å². The molecular weight excluding hydrogens is 280 g/mol. The molecule has 0 bridgehead atoms. The van der Waals surface area contributed by atoms with Gasteiger partial charge in [-0.25, -0.2) is 4.79 Å². The second kappa shape index (κ2) is 7.52. The van der Waals surface area contributed by atoms with Gasteiger partial charge >= 0.3 is 5.97 Å². The van der Waals surface area contributed by atoms with E-state index in [2.05, 4.69) is 0 Å². The fraction of sp³-hybridized carbons (Fsp3) is 0.222. The number of carbonyl (C=O) groups excluding carboxylic acids is 2. The Morgan fingerprint density at radius 1 is 1.05 bits per heavy atom. The highest BCUT2D eigenvalue weighted by atomic mass is 16.5. The SMILES string of the molecule is COCc1ccc(C)cc1C(=O)COC(=O)c1ccccc1. The van der Waals surface area contributed by atoms with Crippen LogP contribution in [0.3, 0.4) is 0 Å². The quantitative estimate of drug-likeness (QED) is 0.607. The molecule has 0 spiro atoms. The maximum absolute atomic E-state index is 12.3. The fourth-order valence-corrected chi connectivity index (χ4v) is 2.10. The zero-order valence-corrected chi connectivity index (χ0v) is 12.7. The average molecular weight is 298 g/mol. The van der Waals surface area contributed by atoms with Crippen LogP contribution in [0.4, 0.5) is 0 Å². The molecule has 4 heteroatoms. The third-order valence-corrected chi connectivity index (χ3v) is 3.21. The fourth-order valence-electron chi connectivity index (χ4n) is 2.10. The van der Waals surface area contributed by atoms with Gasteiger partial charge in [0, 0.05) is 12.7 Å². The lowest BCUT2D eigenvalue weighted by atomic mass is 10.0. The zero-order chi connectivity index (χ0) is 15.9. The highest BCUT2D eigenvalue weighted by Gasteiger charge is 2.15. The summed E-state index contributed by atoms with van der Waals surface area (Å²) in [6.45, 7) is 1.96. The topological polar surface area (TPSA) is 52.6 Å². The van der Waals surface area contributed by atoms with Crippen LogP contribution in [0.25, 0.3) is 0 Å². The van der Waals surface area contributed by atoms with Crippen LogP contribution in [0, 0.1) is 6.92 Å². The lowest BCUT2D eigenvalue weighted by molar-refractivity contribution is 0.0474. The van der Waals surface area contributed by atoms with E-state index in [1.165, 1.54) is 0 Å². The lowest BCUT2D eigenvalue weighted by Gasteiger charge is -2.10. The number of methoxy groups -OCH3 is 1. The van der Waals surface area contributed by atoms with Gasteiger partial charge in [0.15, 0.2) is 6.61 Å². The first-order valence-corrected chi connectivity index (χ1v) is 6.95. The molecule has 0 unspecified atom stereocenters. The van der Waals surface area contributed by atoms with Crippen molar-refractivity contribution in [2.45, 2.75) is 13.5 Å². The van der Waals surface area contributed by atoms with Crippen LogP contribution in [0.15, 0.2) is 48.5 Å². The molecule has 114 valence electrons. The molecule has 4 nitrogen and oxygen atoms in total. The number of rotatable bonds is 6. The van der Waals surface area contributed by atoms with Gasteiger partial charge in [-0.15, -0.1) is 0 Å². The summed E-state index contributed by atoms with van der Waals surface area (Å²) < 4.78 is 10.2. The molecule has 0 fully saturated rings. The van der Waals surface area contributed by atoms with Gasteiger partial charge in [-0.3, -0.25) is 4.79 Å². The van der Waals surface area contributed by atoms with Crippen molar-refractivity contribution in [2.24, 2.45) is 0 Å². The van der Waals surface area contributed by atoms with Crippen molar-refractivity contribution in [1.29, 1.82) is 0 Å². The van der Waals surface area contributed by atoms with Crippen molar-refractivity contribution in [2.75, 3.05) is 13.7 Å². The normalized spacial score (nSPS) is 10.3. The number of benzene rings is 2. The van der Waals surface area contributed by atoms with E-state index in [4.69, 9.17) is 9.47 Å². The van der Waals surface area contributed by atoms with Crippen LogP contribution in [0.1, 0.15) is 31.8 Å². The Labute approximate surface area is 129 Å². The van der Waals surface area contributed by atoms with Crippen molar-refractivity contribution in [3.63, 3.8) is 0 Å². The largest absolute Gasteiger partial charge is 0.454 e. The van der Waals surface area contributed by atoms with Gasteiger partial charge in [-0.2, -0.15) is 0 Å². The van der Waals surface area contributed by atoms with E-state index in [-0.39, 0.29) is 12.4 Å². The van der Waals surface area contributed by atoms with E-state index in [1.807, 2.05) is 25.1 Å². The predicted octanol–water partition coefficient (Wildman–Crippen LogP) is 3.18. The minimum Gasteiger partial charge on any atom is -0.454 e. The molecule has 0 N–H and O–H groups in total. The number of ether oxygens (including phenoxy) is 2. The Kier molecular flexibility index (Phi) is 5.44. The summed E-state index contributed by atoms with van der Waals surface area (Å²) in [6, 6.07) is 14.2. The molecule has 0 aliphatic heterocycles. The Balaban J connectivity index is 2.06. The van der Waals surface area contributed by atoms with Crippen LogP contribution >= 0.6 is 0 Å². The van der Waals surface area contributed by atoms with Crippen molar-refractivity contribution in [3.8, 4) is 0 Å². The van der Waals surface area contributed by atoms with E-state index in [0.29, 0.717) is 17.7 Å². The summed E-state index contributed by atoms with van der Waals surface area (Å²) in [5.41, 5.74) is 2.71. The smallest absolute Gasteiger partial charge is 0.338 e. The number of esters is 1. The molecule has 2 aromatic carbocycles. The second-order valence-electron chi connectivity index (χ2n) is 4.96. The van der Waals surface area contributed by atoms with Gasteiger partial charge in [-0.1, -0.05) is 35.9 Å². The van der Waals surface area contributed by atoms with Gasteiger partial charge in [0.1, 0.15) is 0 Å². The third kappa shape index (κ3) is 4.02. The number of ketones is 1. The summed E-state index contributed by atoms with van der Waals surface area (Å²) in [6.07, 6.45) is 0. The van der Waals surface area contributed by atoms with Crippen molar-refractivity contribution in [1.82, 2.24) is 0 Å². The number of aryl methyl sites for hydroxylation is 1. The number of carbonyl (C=O) groups is 2. The minimum atomic E-state index is -0.505. The first-order valence-electron chi connectivity index (χ1n) is 6.95. The molecule has 0 atom stereocenters. The molecule has 0 saturated heterocycles. The first kappa shape index (κ1) is 15.9. The van der Waals surface area contributed by atoms with Gasteiger partial charge in [0.05, 0.1) is 12.2 Å². The highest BCUT2D eigenvalue weighted by Crippen LogP contribution is 2.14. The minimum absolute atomic E-state index is 0.236. The van der Waals surface area contributed by atoms with Crippen LogP contribution < -0.4 is 0 Å². The molecule has 0 aromatic heterocycles. The molecule has 0 heterocycles. The van der Waals surface area contributed by atoms with Crippen LogP contribution in [0.5, 0.6) is 0 Å². The van der Waals surface area contributed by atoms with Gasteiger partial charge in [0.2, 0.25) is 5.78 Å². The monoisotopic (exact) mass is 298 g/mol. The Morgan fingerprint density at radius 2 is 1.77 bits per heavy atom. The third-order valence-electron chi connectivity index (χ3n) is 3.21. The van der Waals surface area contributed by atoms with Gasteiger partial charge < -0.3 is 9.47 Å². The molecule has 0 radical (unpaired) electrons. The van der Waals surface area contributed by atoms with E-state index in [0.717, 1.165) is 11.1 Å². The molecule has 2 rings (SSSR count). The van der Waals surface area contributed by atoms with E-state index >= 15 is 0 Å². The highest BCUT2D eigenvalue weighted by molar-refractivity contribution is 6.00. The number of Topliss-reactive ketones (excluding diaryl/α,β-unsaturated/α-hetero) is 1. The average Bonchev–Trinajstić information content (AvgIpc) is 2.55. The molecule has 0 saturated carbocycles. The maximum Gasteiger partial charge on any atom is 0.338 e. The van der Waals surface area contributed by atoms with E-state index in [9.17, 15) is 9.59 Å². The number of hydrogen-bond donors (Lipinski definition) is 0. The van der Waals surface area contributed by atoms with E-state index in [1.54, 1.807) is 37.4 Å². The first-order chi connectivity index (χ1) is 10.6. The van der Waals surface area contributed by atoms with Crippen molar-refractivity contribution in [3.05, 3.63) is 70.8 Å². The van der Waals surface area contributed by atoms with Crippen LogP contribution in [-0.2, 0) is 16.1 Å². The summed E-state index contributed by atoms with van der Waals surface area (Å²) in [4.78, 5) is 24.2. The molecule has 0 aliphatic rings. The lowest BCUT2D eigenvalue weighted by Crippen LogP contribution is -2.16. The molecule has 0 aliphatic carbocycles. The number of hydrogen-bond acceptors (Lipinski definition) is 4. The molecular formula is C18H18O4. The second-order valence-corrected chi connectivity index (χ2v) is 4.96. The molecule has 0 amide bonds. The van der Waals surface area contributed by atoms with E-state index < -0.39 is 5.97 Å².